The summed E-state index contributed by atoms with van der Waals surface area (Å²) in [5.41, 5.74) is 0.311. The fraction of sp³-hybridized carbons (Fsp3) is 0.0769. The Morgan fingerprint density at radius 3 is 2.33 bits per heavy atom. The number of anilines is 1. The highest BCUT2D eigenvalue weighted by Crippen LogP contribution is 2.35. The van der Waals surface area contributed by atoms with Gasteiger partial charge in [0, 0.05) is 10.7 Å². The second kappa shape index (κ2) is 6.01. The first-order valence-corrected chi connectivity index (χ1v) is 7.92. The Morgan fingerprint density at radius 2 is 1.76 bits per heavy atom. The van der Waals surface area contributed by atoms with Crippen LogP contribution in [0.2, 0.25) is 10.0 Å². The molecule has 0 aliphatic heterocycles. The van der Waals surface area contributed by atoms with E-state index in [-0.39, 0.29) is 10.0 Å². The monoisotopic (exact) mass is 347 g/mol. The summed E-state index contributed by atoms with van der Waals surface area (Å²) >= 11 is 11.5. The summed E-state index contributed by atoms with van der Waals surface area (Å²) in [5, 5.41) is 9.75. The van der Waals surface area contributed by atoms with Gasteiger partial charge in [-0.3, -0.25) is 4.72 Å². The zero-order valence-corrected chi connectivity index (χ0v) is 13.1. The van der Waals surface area contributed by atoms with E-state index in [4.69, 9.17) is 27.9 Å². The number of benzene rings is 2. The number of rotatable bonds is 4. The average molecular weight is 348 g/mol. The maximum absolute atomic E-state index is 12.3. The van der Waals surface area contributed by atoms with Crippen LogP contribution in [-0.2, 0) is 10.0 Å². The summed E-state index contributed by atoms with van der Waals surface area (Å²) < 4.78 is 31.8. The summed E-state index contributed by atoms with van der Waals surface area (Å²) in [6.07, 6.45) is 0. The van der Waals surface area contributed by atoms with Crippen LogP contribution in [0.15, 0.2) is 41.3 Å². The molecule has 5 nitrogen and oxygen atoms in total. The van der Waals surface area contributed by atoms with Gasteiger partial charge >= 0.3 is 0 Å². The third kappa shape index (κ3) is 3.53. The maximum Gasteiger partial charge on any atom is 0.265 e. The molecule has 0 atom stereocenters. The summed E-state index contributed by atoms with van der Waals surface area (Å²) in [4.78, 5) is -0.393. The molecule has 0 spiro atoms. The van der Waals surface area contributed by atoms with Gasteiger partial charge in [-0.15, -0.1) is 0 Å². The smallest absolute Gasteiger partial charge is 0.265 e. The summed E-state index contributed by atoms with van der Waals surface area (Å²) in [6.45, 7) is 0. The standard InChI is InChI=1S/C13H11Cl2NO4S/c1-20-10-4-2-9(3-5-10)16-21(18,19)12-7-8(14)6-11(15)13(12)17/h2-7,16-17H,1H3. The normalized spacial score (nSPS) is 11.2. The van der Waals surface area contributed by atoms with E-state index >= 15 is 0 Å². The quantitative estimate of drug-likeness (QED) is 0.887. The number of aromatic hydroxyl groups is 1. The van der Waals surface area contributed by atoms with E-state index in [0.29, 0.717) is 11.4 Å². The molecular weight excluding hydrogens is 337 g/mol. The summed E-state index contributed by atoms with van der Waals surface area (Å²) in [7, 11) is -2.51. The lowest BCUT2D eigenvalue weighted by atomic mass is 10.3. The lowest BCUT2D eigenvalue weighted by Crippen LogP contribution is -2.13. The molecule has 112 valence electrons. The first kappa shape index (κ1) is 15.8. The molecule has 0 aromatic heterocycles. The largest absolute Gasteiger partial charge is 0.505 e. The Balaban J connectivity index is 2.38. The van der Waals surface area contributed by atoms with E-state index in [1.165, 1.54) is 25.3 Å². The highest BCUT2D eigenvalue weighted by Gasteiger charge is 2.21. The molecule has 0 bridgehead atoms. The van der Waals surface area contributed by atoms with Crippen LogP contribution in [0.3, 0.4) is 0 Å². The van der Waals surface area contributed by atoms with Gasteiger partial charge < -0.3 is 9.84 Å². The molecule has 2 aromatic rings. The summed E-state index contributed by atoms with van der Waals surface area (Å²) in [6, 6.07) is 8.63. The van der Waals surface area contributed by atoms with E-state index in [1.807, 2.05) is 0 Å². The summed E-state index contributed by atoms with van der Waals surface area (Å²) in [5.74, 6) is 0.0358. The van der Waals surface area contributed by atoms with E-state index in [1.54, 1.807) is 12.1 Å². The second-order valence-corrected chi connectivity index (χ2v) is 6.56. The van der Waals surface area contributed by atoms with E-state index < -0.39 is 20.7 Å². The molecule has 0 radical (unpaired) electrons. The zero-order valence-electron chi connectivity index (χ0n) is 10.8. The average Bonchev–Trinajstić information content (AvgIpc) is 2.43. The number of hydrogen-bond donors (Lipinski definition) is 2. The lowest BCUT2D eigenvalue weighted by molar-refractivity contribution is 0.415. The number of phenolic OH excluding ortho intramolecular Hbond substituents is 1. The highest BCUT2D eigenvalue weighted by molar-refractivity contribution is 7.92. The van der Waals surface area contributed by atoms with Crippen molar-refractivity contribution in [2.75, 3.05) is 11.8 Å². The van der Waals surface area contributed by atoms with Crippen LogP contribution >= 0.6 is 23.2 Å². The topological polar surface area (TPSA) is 75.6 Å². The van der Waals surface area contributed by atoms with Gasteiger partial charge in [-0.1, -0.05) is 23.2 Å². The van der Waals surface area contributed by atoms with Crippen molar-refractivity contribution in [2.45, 2.75) is 4.90 Å². The minimum absolute atomic E-state index is 0.105. The molecule has 0 amide bonds. The zero-order chi connectivity index (χ0) is 15.6. The molecule has 0 heterocycles. The molecule has 0 fully saturated rings. The third-order valence-electron chi connectivity index (χ3n) is 2.62. The fourth-order valence-corrected chi connectivity index (χ4v) is 3.43. The van der Waals surface area contributed by atoms with Crippen molar-refractivity contribution < 1.29 is 18.3 Å². The first-order valence-electron chi connectivity index (χ1n) is 5.68. The van der Waals surface area contributed by atoms with Gasteiger partial charge in [0.05, 0.1) is 12.1 Å². The van der Waals surface area contributed by atoms with E-state index in [0.717, 1.165) is 6.07 Å². The molecule has 21 heavy (non-hydrogen) atoms. The molecule has 0 saturated heterocycles. The van der Waals surface area contributed by atoms with Gasteiger partial charge in [-0.2, -0.15) is 0 Å². The Kier molecular flexibility index (Phi) is 4.51. The van der Waals surface area contributed by atoms with E-state index in [2.05, 4.69) is 4.72 Å². The van der Waals surface area contributed by atoms with Crippen LogP contribution < -0.4 is 9.46 Å². The molecule has 2 rings (SSSR count). The van der Waals surface area contributed by atoms with Crippen LogP contribution in [0.4, 0.5) is 5.69 Å². The SMILES string of the molecule is COc1ccc(NS(=O)(=O)c2cc(Cl)cc(Cl)c2O)cc1. The van der Waals surface area contributed by atoms with Crippen molar-refractivity contribution in [2.24, 2.45) is 0 Å². The fourth-order valence-electron chi connectivity index (χ4n) is 1.62. The molecule has 2 aromatic carbocycles. The van der Waals surface area contributed by atoms with Crippen molar-refractivity contribution in [1.29, 1.82) is 0 Å². The number of hydrogen-bond acceptors (Lipinski definition) is 4. The Labute approximate surface area is 132 Å². The van der Waals surface area contributed by atoms with Gasteiger partial charge in [0.1, 0.15) is 10.6 Å². The van der Waals surface area contributed by atoms with Gasteiger partial charge in [-0.05, 0) is 36.4 Å². The van der Waals surface area contributed by atoms with Gasteiger partial charge in [0.25, 0.3) is 10.0 Å². The minimum Gasteiger partial charge on any atom is -0.505 e. The second-order valence-electron chi connectivity index (χ2n) is 4.07. The molecule has 0 unspecified atom stereocenters. The van der Waals surface area contributed by atoms with Crippen LogP contribution in [0.1, 0.15) is 0 Å². The molecule has 0 saturated carbocycles. The van der Waals surface area contributed by atoms with Crippen LogP contribution in [-0.4, -0.2) is 20.6 Å². The predicted molar refractivity (Wildman–Crippen MR) is 81.9 cm³/mol. The number of nitrogens with one attached hydrogen (secondary N) is 1. The number of ether oxygens (including phenoxy) is 1. The van der Waals surface area contributed by atoms with Gasteiger partial charge in [0.15, 0.2) is 5.75 Å². The van der Waals surface area contributed by atoms with Crippen molar-refractivity contribution in [1.82, 2.24) is 0 Å². The number of methoxy groups -OCH3 is 1. The van der Waals surface area contributed by atoms with Crippen LogP contribution in [0.5, 0.6) is 11.5 Å². The van der Waals surface area contributed by atoms with Crippen molar-refractivity contribution in [3.8, 4) is 11.5 Å². The molecule has 0 aliphatic rings. The van der Waals surface area contributed by atoms with Crippen LogP contribution in [0.25, 0.3) is 0 Å². The Hall–Kier alpha value is -1.63. The number of halogens is 2. The van der Waals surface area contributed by atoms with Gasteiger partial charge in [-0.25, -0.2) is 8.42 Å². The Morgan fingerprint density at radius 1 is 1.14 bits per heavy atom. The van der Waals surface area contributed by atoms with Gasteiger partial charge in [0.2, 0.25) is 0 Å². The number of sulfonamides is 1. The predicted octanol–water partition coefficient (Wildman–Crippen LogP) is 3.51. The third-order valence-corrected chi connectivity index (χ3v) is 4.53. The molecular formula is C13H11Cl2NO4S. The van der Waals surface area contributed by atoms with Crippen molar-refractivity contribution in [3.05, 3.63) is 46.4 Å². The van der Waals surface area contributed by atoms with Crippen molar-refractivity contribution >= 4 is 38.9 Å². The molecule has 2 N–H and O–H groups in total. The number of phenols is 1. The Bertz CT molecular complexity index is 760. The van der Waals surface area contributed by atoms with Crippen LogP contribution in [0, 0.1) is 0 Å². The molecule has 8 heteroatoms. The maximum atomic E-state index is 12.3. The van der Waals surface area contributed by atoms with Crippen molar-refractivity contribution in [3.63, 3.8) is 0 Å². The highest BCUT2D eigenvalue weighted by atomic mass is 35.5. The lowest BCUT2D eigenvalue weighted by Gasteiger charge is -2.11. The first-order chi connectivity index (χ1) is 9.83. The minimum atomic E-state index is -4.02. The van der Waals surface area contributed by atoms with E-state index in [9.17, 15) is 13.5 Å². The molecule has 0 aliphatic carbocycles.